The van der Waals surface area contributed by atoms with Crippen molar-refractivity contribution in [3.05, 3.63) is 86.6 Å². The van der Waals surface area contributed by atoms with Crippen LogP contribution < -0.4 is 16.0 Å². The van der Waals surface area contributed by atoms with Crippen molar-refractivity contribution in [1.82, 2.24) is 0 Å². The van der Waals surface area contributed by atoms with Crippen molar-refractivity contribution < 1.29 is 14.0 Å². The Morgan fingerprint density at radius 1 is 0.886 bits per heavy atom. The first-order valence-corrected chi connectivity index (χ1v) is 12.1. The normalized spacial score (nSPS) is 18.0. The molecule has 1 aliphatic carbocycles. The summed E-state index contributed by atoms with van der Waals surface area (Å²) in [6, 6.07) is 13.5. The quantitative estimate of drug-likeness (QED) is 0.265. The number of halogens is 6. The minimum Gasteiger partial charge on any atom is -0.386 e. The zero-order chi connectivity index (χ0) is 25.5. The van der Waals surface area contributed by atoms with Gasteiger partial charge in [-0.15, -0.1) is 23.2 Å². The van der Waals surface area contributed by atoms with Crippen LogP contribution in [0.4, 0.5) is 21.5 Å². The maximum Gasteiger partial charge on any atom is 0.257 e. The number of carbonyl (C=O) groups excluding carboxylic acids is 2. The molecule has 1 saturated carbocycles. The van der Waals surface area contributed by atoms with Gasteiger partial charge in [0.1, 0.15) is 10.2 Å². The Labute approximate surface area is 225 Å². The van der Waals surface area contributed by atoms with Gasteiger partial charge in [0.2, 0.25) is 5.91 Å². The predicted octanol–water partition coefficient (Wildman–Crippen LogP) is 7.61. The van der Waals surface area contributed by atoms with Gasteiger partial charge in [0, 0.05) is 34.4 Å². The van der Waals surface area contributed by atoms with E-state index >= 15 is 0 Å². The molecular weight excluding hydrogens is 559 g/mol. The lowest BCUT2D eigenvalue weighted by atomic mass is 10.1. The van der Waals surface area contributed by atoms with Crippen LogP contribution in [-0.2, 0) is 4.79 Å². The van der Waals surface area contributed by atoms with Gasteiger partial charge in [0.15, 0.2) is 0 Å². The van der Waals surface area contributed by atoms with Crippen molar-refractivity contribution in [3.8, 4) is 0 Å². The summed E-state index contributed by atoms with van der Waals surface area (Å²) in [5, 5.41) is 8.95. The van der Waals surface area contributed by atoms with Gasteiger partial charge in [-0.3, -0.25) is 9.59 Å². The summed E-state index contributed by atoms with van der Waals surface area (Å²) in [6.45, 7) is 0. The Morgan fingerprint density at radius 2 is 1.51 bits per heavy atom. The van der Waals surface area contributed by atoms with E-state index in [1.165, 1.54) is 30.3 Å². The van der Waals surface area contributed by atoms with Crippen LogP contribution in [0.3, 0.4) is 0 Å². The molecule has 0 aliphatic heterocycles. The van der Waals surface area contributed by atoms with Crippen molar-refractivity contribution >= 4 is 86.9 Å². The highest BCUT2D eigenvalue weighted by Gasteiger charge is 2.67. The first-order valence-electron chi connectivity index (χ1n) is 10.2. The molecule has 0 radical (unpaired) electrons. The third kappa shape index (κ3) is 5.47. The molecule has 2 unspecified atom stereocenters. The molecule has 0 bridgehead atoms. The van der Waals surface area contributed by atoms with Crippen LogP contribution in [0.2, 0.25) is 15.1 Å². The average molecular weight is 576 g/mol. The molecule has 4 rings (SSSR count). The first-order chi connectivity index (χ1) is 16.5. The number of rotatable bonds is 6. The van der Waals surface area contributed by atoms with E-state index < -0.39 is 33.8 Å². The van der Waals surface area contributed by atoms with E-state index in [4.69, 9.17) is 58.0 Å². The number of alkyl halides is 2. The molecule has 3 N–H and O–H groups in total. The Hall–Kier alpha value is -2.22. The highest BCUT2D eigenvalue weighted by Crippen LogP contribution is 2.65. The van der Waals surface area contributed by atoms with E-state index in [9.17, 15) is 14.0 Å². The molecule has 3 aromatic carbocycles. The first kappa shape index (κ1) is 25.9. The van der Waals surface area contributed by atoms with Crippen LogP contribution in [0.5, 0.6) is 0 Å². The van der Waals surface area contributed by atoms with Gasteiger partial charge in [-0.05, 0) is 60.2 Å². The van der Waals surface area contributed by atoms with Crippen molar-refractivity contribution in [2.24, 2.45) is 5.92 Å². The van der Waals surface area contributed by atoms with Gasteiger partial charge in [0.05, 0.1) is 22.2 Å². The molecule has 11 heteroatoms. The maximum absolute atomic E-state index is 14.0. The molecule has 0 heterocycles. The summed E-state index contributed by atoms with van der Waals surface area (Å²) >= 11 is 31.1. The van der Waals surface area contributed by atoms with E-state index in [0.717, 1.165) is 0 Å². The zero-order valence-electron chi connectivity index (χ0n) is 17.9. The van der Waals surface area contributed by atoms with Crippen LogP contribution in [0.1, 0.15) is 21.8 Å². The number of hydrogen-bond donors (Lipinski definition) is 3. The minimum absolute atomic E-state index is 0.0829. The lowest BCUT2D eigenvalue weighted by molar-refractivity contribution is -0.117. The van der Waals surface area contributed by atoms with Crippen LogP contribution in [0.15, 0.2) is 54.6 Å². The summed E-state index contributed by atoms with van der Waals surface area (Å²) in [4.78, 5) is 25.7. The number of nitrogens with one attached hydrogen (secondary N) is 3. The summed E-state index contributed by atoms with van der Waals surface area (Å²) in [5.74, 6) is -2.85. The van der Waals surface area contributed by atoms with E-state index in [1.54, 1.807) is 31.3 Å². The Bertz CT molecular complexity index is 1310. The smallest absolute Gasteiger partial charge is 0.257 e. The molecule has 2 amide bonds. The highest BCUT2D eigenvalue weighted by molar-refractivity contribution is 6.53. The predicted molar refractivity (Wildman–Crippen MR) is 141 cm³/mol. The third-order valence-corrected chi connectivity index (χ3v) is 7.26. The summed E-state index contributed by atoms with van der Waals surface area (Å²) in [5.41, 5.74) is 1.56. The van der Waals surface area contributed by atoms with E-state index in [2.05, 4.69) is 16.0 Å². The minimum atomic E-state index is -1.35. The molecule has 1 aliphatic rings. The molecule has 1 fully saturated rings. The van der Waals surface area contributed by atoms with Crippen molar-refractivity contribution in [2.75, 3.05) is 23.0 Å². The number of carbonyl (C=O) groups is 2. The van der Waals surface area contributed by atoms with Crippen molar-refractivity contribution in [3.63, 3.8) is 0 Å². The number of amides is 2. The Balaban J connectivity index is 1.50. The number of anilines is 3. The Morgan fingerprint density at radius 3 is 2.14 bits per heavy atom. The largest absolute Gasteiger partial charge is 0.386 e. The van der Waals surface area contributed by atoms with Crippen molar-refractivity contribution in [2.45, 2.75) is 10.3 Å². The second-order valence-electron chi connectivity index (χ2n) is 7.92. The summed E-state index contributed by atoms with van der Waals surface area (Å²) in [6.07, 6.45) is 0. The van der Waals surface area contributed by atoms with Gasteiger partial charge in [0.25, 0.3) is 5.91 Å². The van der Waals surface area contributed by atoms with E-state index in [-0.39, 0.29) is 16.3 Å². The summed E-state index contributed by atoms with van der Waals surface area (Å²) < 4.78 is 12.7. The standard InChI is InChI=1S/C24H17Cl5FN3O2/c1-31-19-5-3-15(10-18(19)30)32-22(34)16-9-14(2-4-17(16)27)33-23(35)21-20(24(21,28)29)11-6-12(25)8-13(26)7-11/h2-10,20-21,31H,1H3,(H,32,34)(H,33,35). The SMILES string of the molecule is CNc1ccc(NC(=O)c2cc(NC(=O)C3C(c4cc(Cl)cc(Cl)c4)C3(Cl)Cl)ccc2Cl)cc1F. The molecule has 5 nitrogen and oxygen atoms in total. The maximum atomic E-state index is 14.0. The number of hydrogen-bond acceptors (Lipinski definition) is 3. The Kier molecular flexibility index (Phi) is 7.41. The lowest BCUT2D eigenvalue weighted by Gasteiger charge is -2.11. The fourth-order valence-corrected chi connectivity index (χ4v) is 5.39. The molecule has 2 atom stereocenters. The molecule has 0 saturated heterocycles. The van der Waals surface area contributed by atoms with Gasteiger partial charge in [-0.2, -0.15) is 0 Å². The molecule has 182 valence electrons. The lowest BCUT2D eigenvalue weighted by Crippen LogP contribution is -2.18. The van der Waals surface area contributed by atoms with Crippen LogP contribution in [0.25, 0.3) is 0 Å². The molecule has 35 heavy (non-hydrogen) atoms. The molecular formula is C24H17Cl5FN3O2. The molecule has 3 aromatic rings. The number of benzene rings is 3. The second kappa shape index (κ2) is 10.0. The highest BCUT2D eigenvalue weighted by atomic mass is 35.5. The van der Waals surface area contributed by atoms with Gasteiger partial charge in [-0.1, -0.05) is 34.8 Å². The van der Waals surface area contributed by atoms with Gasteiger partial charge >= 0.3 is 0 Å². The third-order valence-electron chi connectivity index (χ3n) is 5.55. The van der Waals surface area contributed by atoms with E-state index in [0.29, 0.717) is 27.0 Å². The van der Waals surface area contributed by atoms with Gasteiger partial charge in [-0.25, -0.2) is 4.39 Å². The summed E-state index contributed by atoms with van der Waals surface area (Å²) in [7, 11) is 1.59. The van der Waals surface area contributed by atoms with E-state index in [1.807, 2.05) is 0 Å². The average Bonchev–Trinajstić information content (AvgIpc) is 3.36. The van der Waals surface area contributed by atoms with Crippen LogP contribution in [0, 0.1) is 11.7 Å². The monoisotopic (exact) mass is 573 g/mol. The molecule has 0 aromatic heterocycles. The van der Waals surface area contributed by atoms with Crippen LogP contribution in [-0.4, -0.2) is 23.2 Å². The van der Waals surface area contributed by atoms with Crippen LogP contribution >= 0.6 is 58.0 Å². The fourth-order valence-electron chi connectivity index (χ4n) is 3.81. The van der Waals surface area contributed by atoms with Crippen molar-refractivity contribution in [1.29, 1.82) is 0 Å². The fraction of sp³-hybridized carbons (Fsp3) is 0.167. The topological polar surface area (TPSA) is 70.2 Å². The van der Waals surface area contributed by atoms with Gasteiger partial charge < -0.3 is 16.0 Å². The second-order valence-corrected chi connectivity index (χ2v) is 10.6. The zero-order valence-corrected chi connectivity index (χ0v) is 21.7. The molecule has 0 spiro atoms.